The Morgan fingerprint density at radius 2 is 2.04 bits per heavy atom. The van der Waals surface area contributed by atoms with Crippen molar-refractivity contribution in [2.24, 2.45) is 0 Å². The Bertz CT molecular complexity index is 678. The van der Waals surface area contributed by atoms with Crippen LogP contribution in [0, 0.1) is 0 Å². The van der Waals surface area contributed by atoms with Crippen LogP contribution in [-0.2, 0) is 11.3 Å². The Morgan fingerprint density at radius 3 is 2.83 bits per heavy atom. The molecule has 0 aromatic heterocycles. The SMILES string of the molecule is O=C(NC[C@H]1CN(Cc2ccccc2)CCO1)c1cccc(Br)c1. The Morgan fingerprint density at radius 1 is 1.21 bits per heavy atom. The predicted molar refractivity (Wildman–Crippen MR) is 97.9 cm³/mol. The number of hydrogen-bond donors (Lipinski definition) is 1. The van der Waals surface area contributed by atoms with Crippen molar-refractivity contribution in [2.45, 2.75) is 12.6 Å². The van der Waals surface area contributed by atoms with Crippen molar-refractivity contribution >= 4 is 21.8 Å². The standard InChI is InChI=1S/C19H21BrN2O2/c20-17-8-4-7-16(11-17)19(23)21-12-18-14-22(9-10-24-18)13-15-5-2-1-3-6-15/h1-8,11,18H,9-10,12-14H2,(H,21,23)/t18-/m0/s1. The highest BCUT2D eigenvalue weighted by molar-refractivity contribution is 9.10. The number of ether oxygens (including phenoxy) is 1. The summed E-state index contributed by atoms with van der Waals surface area (Å²) in [5.74, 6) is -0.0694. The Hall–Kier alpha value is -1.69. The zero-order chi connectivity index (χ0) is 16.8. The number of nitrogens with zero attached hydrogens (tertiary/aromatic N) is 1. The normalized spacial score (nSPS) is 18.3. The molecule has 5 heteroatoms. The molecule has 0 unspecified atom stereocenters. The minimum atomic E-state index is -0.0694. The van der Waals surface area contributed by atoms with Gasteiger partial charge in [0.05, 0.1) is 12.7 Å². The van der Waals surface area contributed by atoms with Crippen molar-refractivity contribution in [1.29, 1.82) is 0 Å². The lowest BCUT2D eigenvalue weighted by Gasteiger charge is -2.33. The van der Waals surface area contributed by atoms with E-state index in [0.717, 1.165) is 24.1 Å². The minimum absolute atomic E-state index is 0.0264. The number of amides is 1. The largest absolute Gasteiger partial charge is 0.374 e. The number of carbonyl (C=O) groups is 1. The van der Waals surface area contributed by atoms with E-state index in [-0.39, 0.29) is 12.0 Å². The summed E-state index contributed by atoms with van der Waals surface area (Å²) in [4.78, 5) is 14.6. The fourth-order valence-electron chi connectivity index (χ4n) is 2.83. The van der Waals surface area contributed by atoms with E-state index >= 15 is 0 Å². The Balaban J connectivity index is 1.49. The molecule has 0 saturated carbocycles. The first kappa shape index (κ1) is 17.1. The Kier molecular flexibility index (Phi) is 6.01. The topological polar surface area (TPSA) is 41.6 Å². The van der Waals surface area contributed by atoms with E-state index in [1.807, 2.05) is 30.3 Å². The van der Waals surface area contributed by atoms with Crippen LogP contribution in [0.3, 0.4) is 0 Å². The van der Waals surface area contributed by atoms with E-state index in [4.69, 9.17) is 4.74 Å². The predicted octanol–water partition coefficient (Wildman–Crippen LogP) is 3.08. The number of halogens is 1. The van der Waals surface area contributed by atoms with Crippen LogP contribution in [0.15, 0.2) is 59.1 Å². The number of benzene rings is 2. The van der Waals surface area contributed by atoms with Gasteiger partial charge in [0.1, 0.15) is 0 Å². The van der Waals surface area contributed by atoms with Gasteiger partial charge in [0, 0.05) is 36.2 Å². The number of morpholine rings is 1. The first-order chi connectivity index (χ1) is 11.7. The number of carbonyl (C=O) groups excluding carboxylic acids is 1. The van der Waals surface area contributed by atoms with Gasteiger partial charge in [-0.15, -0.1) is 0 Å². The van der Waals surface area contributed by atoms with E-state index < -0.39 is 0 Å². The van der Waals surface area contributed by atoms with Gasteiger partial charge in [-0.1, -0.05) is 52.3 Å². The van der Waals surface area contributed by atoms with Crippen molar-refractivity contribution in [3.05, 3.63) is 70.2 Å². The molecule has 1 amide bonds. The second kappa shape index (κ2) is 8.42. The third kappa shape index (κ3) is 4.90. The quantitative estimate of drug-likeness (QED) is 0.855. The van der Waals surface area contributed by atoms with Crippen LogP contribution in [0.2, 0.25) is 0 Å². The molecule has 24 heavy (non-hydrogen) atoms. The fourth-order valence-corrected chi connectivity index (χ4v) is 3.23. The smallest absolute Gasteiger partial charge is 0.251 e. The average Bonchev–Trinajstić information content (AvgIpc) is 2.61. The highest BCUT2D eigenvalue weighted by atomic mass is 79.9. The maximum Gasteiger partial charge on any atom is 0.251 e. The van der Waals surface area contributed by atoms with E-state index in [2.05, 4.69) is 50.4 Å². The molecule has 1 saturated heterocycles. The number of rotatable bonds is 5. The third-order valence-corrected chi connectivity index (χ3v) is 4.54. The molecule has 0 aliphatic carbocycles. The van der Waals surface area contributed by atoms with Crippen LogP contribution < -0.4 is 5.32 Å². The minimum Gasteiger partial charge on any atom is -0.374 e. The summed E-state index contributed by atoms with van der Waals surface area (Å²) in [6, 6.07) is 17.8. The van der Waals surface area contributed by atoms with E-state index in [1.165, 1.54) is 5.56 Å². The first-order valence-corrected chi connectivity index (χ1v) is 8.91. The highest BCUT2D eigenvalue weighted by Crippen LogP contribution is 2.12. The third-order valence-electron chi connectivity index (χ3n) is 4.05. The molecule has 0 bridgehead atoms. The second-order valence-electron chi connectivity index (χ2n) is 5.93. The molecular weight excluding hydrogens is 368 g/mol. The number of nitrogens with one attached hydrogen (secondary N) is 1. The Labute approximate surface area is 150 Å². The highest BCUT2D eigenvalue weighted by Gasteiger charge is 2.21. The molecule has 2 aromatic carbocycles. The maximum atomic E-state index is 12.2. The lowest BCUT2D eigenvalue weighted by atomic mass is 10.2. The number of hydrogen-bond acceptors (Lipinski definition) is 3. The van der Waals surface area contributed by atoms with Crippen LogP contribution in [-0.4, -0.2) is 43.2 Å². The summed E-state index contributed by atoms with van der Waals surface area (Å²) < 4.78 is 6.69. The van der Waals surface area contributed by atoms with Gasteiger partial charge in [0.2, 0.25) is 0 Å². The molecule has 1 atom stereocenters. The van der Waals surface area contributed by atoms with Crippen LogP contribution in [0.5, 0.6) is 0 Å². The molecule has 1 N–H and O–H groups in total. The van der Waals surface area contributed by atoms with Gasteiger partial charge in [-0.05, 0) is 23.8 Å². The van der Waals surface area contributed by atoms with Gasteiger partial charge in [-0.2, -0.15) is 0 Å². The van der Waals surface area contributed by atoms with Gasteiger partial charge in [0.25, 0.3) is 5.91 Å². The summed E-state index contributed by atoms with van der Waals surface area (Å²) in [5, 5.41) is 2.97. The van der Waals surface area contributed by atoms with Gasteiger partial charge in [-0.25, -0.2) is 0 Å². The first-order valence-electron chi connectivity index (χ1n) is 8.12. The van der Waals surface area contributed by atoms with Crippen molar-refractivity contribution < 1.29 is 9.53 Å². The molecule has 0 spiro atoms. The summed E-state index contributed by atoms with van der Waals surface area (Å²) in [7, 11) is 0. The van der Waals surface area contributed by atoms with Gasteiger partial charge >= 0.3 is 0 Å². The van der Waals surface area contributed by atoms with Gasteiger partial charge < -0.3 is 10.1 Å². The van der Waals surface area contributed by atoms with E-state index in [9.17, 15) is 4.79 Å². The summed E-state index contributed by atoms with van der Waals surface area (Å²) >= 11 is 3.39. The fraction of sp³-hybridized carbons (Fsp3) is 0.316. The molecule has 3 rings (SSSR count). The lowest BCUT2D eigenvalue weighted by Crippen LogP contribution is -2.47. The van der Waals surface area contributed by atoms with Crippen molar-refractivity contribution in [1.82, 2.24) is 10.2 Å². The van der Waals surface area contributed by atoms with E-state index in [0.29, 0.717) is 18.7 Å². The molecular formula is C19H21BrN2O2. The molecule has 0 radical (unpaired) electrons. The van der Waals surface area contributed by atoms with Crippen molar-refractivity contribution in [3.8, 4) is 0 Å². The maximum absolute atomic E-state index is 12.2. The van der Waals surface area contributed by atoms with Gasteiger partial charge in [0.15, 0.2) is 0 Å². The van der Waals surface area contributed by atoms with Crippen LogP contribution in [0.1, 0.15) is 15.9 Å². The van der Waals surface area contributed by atoms with Crippen LogP contribution in [0.25, 0.3) is 0 Å². The molecule has 2 aromatic rings. The average molecular weight is 389 g/mol. The van der Waals surface area contributed by atoms with Gasteiger partial charge in [-0.3, -0.25) is 9.69 Å². The zero-order valence-electron chi connectivity index (χ0n) is 13.5. The lowest BCUT2D eigenvalue weighted by molar-refractivity contribution is -0.0292. The molecule has 4 nitrogen and oxygen atoms in total. The van der Waals surface area contributed by atoms with E-state index in [1.54, 1.807) is 0 Å². The zero-order valence-corrected chi connectivity index (χ0v) is 15.0. The molecule has 1 aliphatic rings. The second-order valence-corrected chi connectivity index (χ2v) is 6.85. The van der Waals surface area contributed by atoms with Crippen molar-refractivity contribution in [3.63, 3.8) is 0 Å². The molecule has 1 heterocycles. The molecule has 1 fully saturated rings. The molecule has 126 valence electrons. The van der Waals surface area contributed by atoms with Crippen LogP contribution in [0.4, 0.5) is 0 Å². The van der Waals surface area contributed by atoms with Crippen LogP contribution >= 0.6 is 15.9 Å². The summed E-state index contributed by atoms with van der Waals surface area (Å²) in [5.41, 5.74) is 1.96. The molecule has 1 aliphatic heterocycles. The summed E-state index contributed by atoms with van der Waals surface area (Å²) in [6.45, 7) is 3.89. The van der Waals surface area contributed by atoms with Crippen molar-refractivity contribution in [2.75, 3.05) is 26.2 Å². The monoisotopic (exact) mass is 388 g/mol. The summed E-state index contributed by atoms with van der Waals surface area (Å²) in [6.07, 6.45) is 0.0264.